The molecule has 16 heavy (non-hydrogen) atoms. The van der Waals surface area contributed by atoms with Gasteiger partial charge in [0.05, 0.1) is 0 Å². The van der Waals surface area contributed by atoms with Gasteiger partial charge in [0.2, 0.25) is 5.91 Å². The largest absolute Gasteiger partial charge is 0.478 e. The number of amides is 1. The van der Waals surface area contributed by atoms with Crippen molar-refractivity contribution < 1.29 is 14.7 Å². The van der Waals surface area contributed by atoms with Crippen LogP contribution in [-0.2, 0) is 9.59 Å². The molecule has 0 bridgehead atoms. The summed E-state index contributed by atoms with van der Waals surface area (Å²) in [5.74, 6) is -1.47. The lowest BCUT2D eigenvalue weighted by Crippen LogP contribution is -2.23. The summed E-state index contributed by atoms with van der Waals surface area (Å²) >= 11 is 0.926. The Morgan fingerprint density at radius 3 is 2.50 bits per heavy atom. The number of rotatable bonds is 2. The molecular formula is C9H10N2O4S. The predicted octanol–water partition coefficient (Wildman–Crippen LogP) is -1.83. The number of carbonyl (C=O) groups excluding carboxylic acids is 1. The van der Waals surface area contributed by atoms with Crippen molar-refractivity contribution in [1.82, 2.24) is 9.88 Å². The number of carboxylic acids is 1. The fourth-order valence-electron chi connectivity index (χ4n) is 0.878. The van der Waals surface area contributed by atoms with Gasteiger partial charge in [0, 0.05) is 26.2 Å². The molecule has 0 aliphatic carbocycles. The van der Waals surface area contributed by atoms with Gasteiger partial charge in [0.25, 0.3) is 5.56 Å². The van der Waals surface area contributed by atoms with E-state index >= 15 is 0 Å². The van der Waals surface area contributed by atoms with Crippen LogP contribution < -0.4 is 14.8 Å². The Bertz CT molecular complexity index is 581. The second kappa shape index (κ2) is 4.75. The van der Waals surface area contributed by atoms with Crippen molar-refractivity contribution in [2.24, 2.45) is 0 Å². The van der Waals surface area contributed by atoms with Gasteiger partial charge in [-0.2, -0.15) is 0 Å². The molecule has 0 saturated heterocycles. The fourth-order valence-corrected chi connectivity index (χ4v) is 1.72. The van der Waals surface area contributed by atoms with Crippen LogP contribution in [0.4, 0.5) is 0 Å². The summed E-state index contributed by atoms with van der Waals surface area (Å²) in [4.78, 5) is 36.6. The van der Waals surface area contributed by atoms with Crippen molar-refractivity contribution in [1.29, 1.82) is 0 Å². The van der Waals surface area contributed by atoms with Crippen molar-refractivity contribution in [3.8, 4) is 0 Å². The highest BCUT2D eigenvalue weighted by molar-refractivity contribution is 7.07. The van der Waals surface area contributed by atoms with E-state index in [0.717, 1.165) is 17.4 Å². The summed E-state index contributed by atoms with van der Waals surface area (Å²) in [6.45, 7) is 0. The van der Waals surface area contributed by atoms with Gasteiger partial charge < -0.3 is 15.0 Å². The van der Waals surface area contributed by atoms with Gasteiger partial charge in [-0.25, -0.2) is 4.79 Å². The number of hydrogen-bond donors (Lipinski definition) is 2. The maximum Gasteiger partial charge on any atom is 0.329 e. The van der Waals surface area contributed by atoms with Crippen molar-refractivity contribution in [2.75, 3.05) is 14.1 Å². The third kappa shape index (κ3) is 3.06. The average Bonchev–Trinajstić information content (AvgIpc) is 2.45. The van der Waals surface area contributed by atoms with E-state index in [1.165, 1.54) is 11.0 Å². The zero-order chi connectivity index (χ0) is 12.3. The predicted molar refractivity (Wildman–Crippen MR) is 59.4 cm³/mol. The Morgan fingerprint density at radius 1 is 1.38 bits per heavy atom. The van der Waals surface area contributed by atoms with E-state index in [1.54, 1.807) is 14.1 Å². The SMILES string of the molecule is CN(C)C(=O)/C=c1/[nH]c(=O)/c(=C/C(=O)O)s1. The first-order chi connectivity index (χ1) is 7.40. The van der Waals surface area contributed by atoms with Crippen LogP contribution in [0.3, 0.4) is 0 Å². The highest BCUT2D eigenvalue weighted by atomic mass is 32.1. The number of aromatic nitrogens is 1. The summed E-state index contributed by atoms with van der Waals surface area (Å²) in [6.07, 6.45) is 2.05. The van der Waals surface area contributed by atoms with E-state index < -0.39 is 11.5 Å². The standard InChI is InChI=1S/C9H10N2O4S/c1-11(2)7(12)4-6-10-9(15)5(16-6)3-8(13)14/h3-4H,1-2H3,(H,10,15)(H,13,14)/b5-3-,6-4-. The Labute approximate surface area is 94.1 Å². The van der Waals surface area contributed by atoms with Gasteiger partial charge in [-0.05, 0) is 0 Å². The van der Waals surface area contributed by atoms with Crippen LogP contribution in [0.1, 0.15) is 0 Å². The lowest BCUT2D eigenvalue weighted by atomic mass is 10.5. The lowest BCUT2D eigenvalue weighted by molar-refractivity contribution is -0.129. The molecule has 7 heteroatoms. The zero-order valence-electron chi connectivity index (χ0n) is 8.68. The van der Waals surface area contributed by atoms with Gasteiger partial charge in [-0.3, -0.25) is 9.59 Å². The number of carboxylic acid groups (broad SMARTS) is 1. The van der Waals surface area contributed by atoms with Crippen LogP contribution in [0.15, 0.2) is 4.79 Å². The molecule has 1 rings (SSSR count). The van der Waals surface area contributed by atoms with Crippen molar-refractivity contribution in [2.45, 2.75) is 0 Å². The number of H-pyrrole nitrogens is 1. The Morgan fingerprint density at radius 2 is 2.00 bits per heavy atom. The number of nitrogens with zero attached hydrogens (tertiary/aromatic N) is 1. The number of aliphatic carboxylic acids is 1. The quantitative estimate of drug-likeness (QED) is 0.638. The summed E-state index contributed by atoms with van der Waals surface area (Å²) in [6, 6.07) is 0. The van der Waals surface area contributed by atoms with Crippen molar-refractivity contribution in [3.63, 3.8) is 0 Å². The summed E-state index contributed by atoms with van der Waals surface area (Å²) in [5.41, 5.74) is -0.509. The maximum atomic E-state index is 11.3. The van der Waals surface area contributed by atoms with E-state index in [9.17, 15) is 14.4 Å². The van der Waals surface area contributed by atoms with E-state index in [4.69, 9.17) is 5.11 Å². The third-order valence-electron chi connectivity index (χ3n) is 1.63. The molecule has 0 saturated carbocycles. The molecule has 1 aromatic rings. The minimum atomic E-state index is -1.20. The molecule has 0 aliphatic heterocycles. The van der Waals surface area contributed by atoms with Gasteiger partial charge >= 0.3 is 5.97 Å². The number of nitrogens with one attached hydrogen (secondary N) is 1. The van der Waals surface area contributed by atoms with Crippen LogP contribution in [-0.4, -0.2) is 41.0 Å². The van der Waals surface area contributed by atoms with E-state index in [1.807, 2.05) is 0 Å². The topological polar surface area (TPSA) is 90.5 Å². The molecule has 0 spiro atoms. The van der Waals surface area contributed by atoms with Gasteiger partial charge in [0.15, 0.2) is 0 Å². The molecule has 1 heterocycles. The zero-order valence-corrected chi connectivity index (χ0v) is 9.50. The molecule has 86 valence electrons. The van der Waals surface area contributed by atoms with Crippen LogP contribution in [0.25, 0.3) is 12.2 Å². The molecule has 1 aromatic heterocycles. The molecule has 0 aromatic carbocycles. The first-order valence-electron chi connectivity index (χ1n) is 4.27. The second-order valence-electron chi connectivity index (χ2n) is 3.14. The van der Waals surface area contributed by atoms with Gasteiger partial charge in [-0.1, -0.05) is 0 Å². The minimum absolute atomic E-state index is 0.0605. The molecule has 0 fully saturated rings. The maximum absolute atomic E-state index is 11.3. The smallest absolute Gasteiger partial charge is 0.329 e. The number of carbonyl (C=O) groups is 2. The van der Waals surface area contributed by atoms with Gasteiger partial charge in [-0.15, -0.1) is 11.3 Å². The Kier molecular flexibility index (Phi) is 3.62. The van der Waals surface area contributed by atoms with Crippen LogP contribution >= 0.6 is 11.3 Å². The number of thiazole rings is 1. The van der Waals surface area contributed by atoms with Crippen LogP contribution in [0.5, 0.6) is 0 Å². The highest BCUT2D eigenvalue weighted by Gasteiger charge is 2.01. The molecule has 0 radical (unpaired) electrons. The molecule has 2 N–H and O–H groups in total. The average molecular weight is 242 g/mol. The molecule has 6 nitrogen and oxygen atoms in total. The number of hydrogen-bond acceptors (Lipinski definition) is 4. The summed E-state index contributed by atoms with van der Waals surface area (Å²) in [5, 5.41) is 8.48. The minimum Gasteiger partial charge on any atom is -0.478 e. The van der Waals surface area contributed by atoms with Crippen molar-refractivity contribution in [3.05, 3.63) is 19.5 Å². The van der Waals surface area contributed by atoms with Gasteiger partial charge in [0.1, 0.15) is 9.20 Å². The highest BCUT2D eigenvalue weighted by Crippen LogP contribution is 1.80. The van der Waals surface area contributed by atoms with Crippen LogP contribution in [0.2, 0.25) is 0 Å². The third-order valence-corrected chi connectivity index (χ3v) is 2.59. The molecule has 0 atom stereocenters. The summed E-state index contributed by atoms with van der Waals surface area (Å²) in [7, 11) is 3.16. The first kappa shape index (κ1) is 12.2. The summed E-state index contributed by atoms with van der Waals surface area (Å²) < 4.78 is 0.390. The molecule has 1 amide bonds. The van der Waals surface area contributed by atoms with Crippen molar-refractivity contribution >= 4 is 35.4 Å². The molecule has 0 aliphatic rings. The number of aromatic amines is 1. The second-order valence-corrected chi connectivity index (χ2v) is 4.23. The lowest BCUT2D eigenvalue weighted by Gasteiger charge is -2.03. The van der Waals surface area contributed by atoms with E-state index in [0.29, 0.717) is 4.66 Å². The molecule has 0 unspecified atom stereocenters. The first-order valence-corrected chi connectivity index (χ1v) is 5.08. The van der Waals surface area contributed by atoms with E-state index in [2.05, 4.69) is 4.98 Å². The monoisotopic (exact) mass is 242 g/mol. The Balaban J connectivity index is 3.27. The van der Waals surface area contributed by atoms with Crippen LogP contribution in [0, 0.1) is 0 Å². The fraction of sp³-hybridized carbons (Fsp3) is 0.222. The normalized spacial score (nSPS) is 12.9. The Hall–Kier alpha value is -1.89. The van der Waals surface area contributed by atoms with E-state index in [-0.39, 0.29) is 10.4 Å². The molecular weight excluding hydrogens is 232 g/mol.